The summed E-state index contributed by atoms with van der Waals surface area (Å²) >= 11 is 0. The smallest absolute Gasteiger partial charge is 0.0134 e. The minimum Gasteiger partial charge on any atom is -0.313 e. The highest BCUT2D eigenvalue weighted by atomic mass is 14.8. The molecule has 1 aliphatic heterocycles. The van der Waals surface area contributed by atoms with Gasteiger partial charge in [0, 0.05) is 6.54 Å². The van der Waals surface area contributed by atoms with Crippen LogP contribution in [0.1, 0.15) is 19.3 Å². The van der Waals surface area contributed by atoms with Crippen molar-refractivity contribution in [2.75, 3.05) is 13.1 Å². The number of allylic oxidation sites excluding steroid dienone is 1. The van der Waals surface area contributed by atoms with Crippen molar-refractivity contribution in [2.24, 2.45) is 0 Å². The Morgan fingerprint density at radius 1 is 1.12 bits per heavy atom. The molecule has 0 bridgehead atoms. The molecule has 0 saturated carbocycles. The molecule has 1 N–H and O–H groups in total. The van der Waals surface area contributed by atoms with Crippen molar-refractivity contribution in [2.45, 2.75) is 19.3 Å². The normalized spacial score (nSPS) is 26.0. The van der Waals surface area contributed by atoms with Gasteiger partial charge in [-0.25, -0.2) is 0 Å². The van der Waals surface area contributed by atoms with Gasteiger partial charge in [-0.1, -0.05) is 12.2 Å². The van der Waals surface area contributed by atoms with E-state index in [9.17, 15) is 0 Å². The van der Waals surface area contributed by atoms with Crippen LogP contribution in [0.4, 0.5) is 0 Å². The summed E-state index contributed by atoms with van der Waals surface area (Å²) in [6.07, 6.45) is 8.43. The van der Waals surface area contributed by atoms with Gasteiger partial charge >= 0.3 is 0 Å². The van der Waals surface area contributed by atoms with Crippen LogP contribution < -0.4 is 5.32 Å². The van der Waals surface area contributed by atoms with E-state index in [4.69, 9.17) is 0 Å². The molecule has 0 aromatic carbocycles. The molecular weight excluding hydrogens is 98.1 g/mol. The van der Waals surface area contributed by atoms with Gasteiger partial charge in [-0.15, -0.1) is 0 Å². The molecule has 0 unspecified atom stereocenters. The third-order valence-electron chi connectivity index (χ3n) is 1.40. The molecule has 1 nitrogen and oxygen atoms in total. The lowest BCUT2D eigenvalue weighted by Gasteiger charge is -2.02. The third-order valence-corrected chi connectivity index (χ3v) is 1.40. The van der Waals surface area contributed by atoms with E-state index in [0.29, 0.717) is 0 Å². The Hall–Kier alpha value is -0.300. The molecule has 0 amide bonds. The number of rotatable bonds is 0. The molecule has 1 heterocycles. The van der Waals surface area contributed by atoms with E-state index in [2.05, 4.69) is 17.5 Å². The molecule has 0 atom stereocenters. The van der Waals surface area contributed by atoms with Crippen LogP contribution in [0.5, 0.6) is 0 Å². The van der Waals surface area contributed by atoms with Crippen molar-refractivity contribution in [3.63, 3.8) is 0 Å². The van der Waals surface area contributed by atoms with Gasteiger partial charge in [0.05, 0.1) is 0 Å². The van der Waals surface area contributed by atoms with Crippen molar-refractivity contribution in [1.29, 1.82) is 0 Å². The van der Waals surface area contributed by atoms with Crippen LogP contribution in [0.25, 0.3) is 0 Å². The Kier molecular flexibility index (Phi) is 2.68. The molecule has 0 spiro atoms. The van der Waals surface area contributed by atoms with Crippen molar-refractivity contribution < 1.29 is 0 Å². The first-order valence-electron chi connectivity index (χ1n) is 3.36. The first-order chi connectivity index (χ1) is 4.00. The summed E-state index contributed by atoms with van der Waals surface area (Å²) in [7, 11) is 0. The summed E-state index contributed by atoms with van der Waals surface area (Å²) in [4.78, 5) is 0. The van der Waals surface area contributed by atoms with E-state index in [0.717, 1.165) is 6.54 Å². The molecular formula is C7H13N. The van der Waals surface area contributed by atoms with Crippen molar-refractivity contribution in [1.82, 2.24) is 5.32 Å². The zero-order valence-corrected chi connectivity index (χ0v) is 5.19. The zero-order valence-electron chi connectivity index (χ0n) is 5.19. The molecule has 0 aromatic rings. The Bertz CT molecular complexity index is 66.5. The van der Waals surface area contributed by atoms with Crippen LogP contribution in [-0.4, -0.2) is 13.1 Å². The maximum Gasteiger partial charge on any atom is 0.0134 e. The van der Waals surface area contributed by atoms with E-state index in [-0.39, 0.29) is 0 Å². The highest BCUT2D eigenvalue weighted by Crippen LogP contribution is 1.96. The fourth-order valence-corrected chi connectivity index (χ4v) is 0.899. The second-order valence-electron chi connectivity index (χ2n) is 2.17. The molecule has 1 rings (SSSR count). The highest BCUT2D eigenvalue weighted by Gasteiger charge is 1.88. The zero-order chi connectivity index (χ0) is 5.66. The maximum atomic E-state index is 3.30. The van der Waals surface area contributed by atoms with Gasteiger partial charge in [0.1, 0.15) is 0 Å². The summed E-state index contributed by atoms with van der Waals surface area (Å²) in [6.45, 7) is 2.27. The van der Waals surface area contributed by atoms with Gasteiger partial charge in [-0.2, -0.15) is 0 Å². The van der Waals surface area contributed by atoms with Crippen LogP contribution in [0, 0.1) is 0 Å². The minimum atomic E-state index is 1.07. The van der Waals surface area contributed by atoms with Gasteiger partial charge in [0.25, 0.3) is 0 Å². The number of hydrogen-bond donors (Lipinski definition) is 1. The minimum absolute atomic E-state index is 1.07. The van der Waals surface area contributed by atoms with E-state index >= 15 is 0 Å². The van der Waals surface area contributed by atoms with Crippen LogP contribution in [-0.2, 0) is 0 Å². The second kappa shape index (κ2) is 3.67. The lowest BCUT2D eigenvalue weighted by molar-refractivity contribution is 0.646. The van der Waals surface area contributed by atoms with Crippen LogP contribution in [0.15, 0.2) is 12.2 Å². The Morgan fingerprint density at radius 3 is 3.12 bits per heavy atom. The topological polar surface area (TPSA) is 12.0 Å². The largest absolute Gasteiger partial charge is 0.313 e. The molecule has 1 heteroatoms. The fraction of sp³-hybridized carbons (Fsp3) is 0.714. The predicted octanol–water partition coefficient (Wildman–Crippen LogP) is 1.32. The summed E-state index contributed by atoms with van der Waals surface area (Å²) in [5.41, 5.74) is 0. The van der Waals surface area contributed by atoms with Crippen molar-refractivity contribution in [3.8, 4) is 0 Å². The quantitative estimate of drug-likeness (QED) is 0.465. The molecule has 8 heavy (non-hydrogen) atoms. The summed E-state index contributed by atoms with van der Waals surface area (Å²) in [5, 5.41) is 3.30. The lowest BCUT2D eigenvalue weighted by atomic mass is 10.2. The van der Waals surface area contributed by atoms with Crippen molar-refractivity contribution in [3.05, 3.63) is 12.2 Å². The second-order valence-corrected chi connectivity index (χ2v) is 2.17. The van der Waals surface area contributed by atoms with Gasteiger partial charge in [-0.05, 0) is 25.8 Å². The van der Waals surface area contributed by atoms with Gasteiger partial charge in [0.15, 0.2) is 0 Å². The molecule has 46 valence electrons. The molecule has 0 fully saturated rings. The van der Waals surface area contributed by atoms with E-state index < -0.39 is 0 Å². The van der Waals surface area contributed by atoms with Crippen molar-refractivity contribution >= 4 is 0 Å². The van der Waals surface area contributed by atoms with Crippen LogP contribution in [0.3, 0.4) is 0 Å². The Labute approximate surface area is 50.8 Å². The Balaban J connectivity index is 2.17. The average Bonchev–Trinajstić information content (AvgIpc) is 1.62. The number of nitrogens with one attached hydrogen (secondary N) is 1. The molecule has 1 aliphatic rings. The molecule has 0 saturated heterocycles. The third kappa shape index (κ3) is 2.12. The summed E-state index contributed by atoms with van der Waals surface area (Å²) in [5.74, 6) is 0. The van der Waals surface area contributed by atoms with Gasteiger partial charge < -0.3 is 5.32 Å². The van der Waals surface area contributed by atoms with E-state index in [1.807, 2.05) is 0 Å². The van der Waals surface area contributed by atoms with Gasteiger partial charge in [0.2, 0.25) is 0 Å². The molecule has 0 radical (unpaired) electrons. The van der Waals surface area contributed by atoms with E-state index in [1.165, 1.54) is 25.8 Å². The number of hydrogen-bond acceptors (Lipinski definition) is 1. The summed E-state index contributed by atoms with van der Waals surface area (Å²) in [6, 6.07) is 0. The SMILES string of the molecule is C1=C/CNCCCC/1. The molecule has 0 aliphatic carbocycles. The van der Waals surface area contributed by atoms with Gasteiger partial charge in [-0.3, -0.25) is 0 Å². The fourth-order valence-electron chi connectivity index (χ4n) is 0.899. The highest BCUT2D eigenvalue weighted by molar-refractivity contribution is 4.85. The summed E-state index contributed by atoms with van der Waals surface area (Å²) < 4.78 is 0. The molecule has 0 aromatic heterocycles. The predicted molar refractivity (Wildman–Crippen MR) is 35.9 cm³/mol. The first kappa shape index (κ1) is 5.83. The van der Waals surface area contributed by atoms with Crippen LogP contribution in [0.2, 0.25) is 0 Å². The van der Waals surface area contributed by atoms with E-state index in [1.54, 1.807) is 0 Å². The lowest BCUT2D eigenvalue weighted by Crippen LogP contribution is -2.15. The Morgan fingerprint density at radius 2 is 2.12 bits per heavy atom. The maximum absolute atomic E-state index is 3.30. The first-order valence-corrected chi connectivity index (χ1v) is 3.36. The van der Waals surface area contributed by atoms with Crippen LogP contribution >= 0.6 is 0 Å². The monoisotopic (exact) mass is 111 g/mol. The average molecular weight is 111 g/mol. The standard InChI is InChI=1S/C7H13N/c1-2-4-6-8-7-5-3-1/h2,4,8H,1,3,5-7H2/b4-2+.